The molecular formula is C13H17NOS. The summed E-state index contributed by atoms with van der Waals surface area (Å²) in [7, 11) is 0. The molecule has 0 spiro atoms. The van der Waals surface area contributed by atoms with Gasteiger partial charge in [-0.2, -0.15) is 0 Å². The molecule has 86 valence electrons. The van der Waals surface area contributed by atoms with E-state index in [2.05, 4.69) is 17.9 Å². The van der Waals surface area contributed by atoms with E-state index >= 15 is 0 Å². The van der Waals surface area contributed by atoms with Crippen LogP contribution in [0.2, 0.25) is 0 Å². The van der Waals surface area contributed by atoms with Gasteiger partial charge in [0.25, 0.3) is 5.91 Å². The Balaban J connectivity index is 2.73. The summed E-state index contributed by atoms with van der Waals surface area (Å²) in [4.78, 5) is 12.6. The number of hydrogen-bond acceptors (Lipinski definition) is 2. The smallest absolute Gasteiger partial charge is 0.251 e. The van der Waals surface area contributed by atoms with Crippen molar-refractivity contribution in [2.75, 3.05) is 6.54 Å². The maximum absolute atomic E-state index is 11.8. The van der Waals surface area contributed by atoms with Gasteiger partial charge in [-0.15, -0.1) is 12.6 Å². The number of benzene rings is 1. The number of allylic oxidation sites excluding steroid dienone is 1. The molecule has 1 aromatic rings. The van der Waals surface area contributed by atoms with Crippen LogP contribution in [0.1, 0.15) is 29.8 Å². The molecule has 0 bridgehead atoms. The van der Waals surface area contributed by atoms with Crippen molar-refractivity contribution in [3.8, 4) is 0 Å². The van der Waals surface area contributed by atoms with Gasteiger partial charge in [-0.25, -0.2) is 0 Å². The molecule has 0 radical (unpaired) electrons. The maximum atomic E-state index is 11.8. The third-order valence-electron chi connectivity index (χ3n) is 2.24. The van der Waals surface area contributed by atoms with E-state index in [0.29, 0.717) is 12.1 Å². The number of carbonyl (C=O) groups excluding carboxylic acids is 1. The van der Waals surface area contributed by atoms with Crippen molar-refractivity contribution in [3.63, 3.8) is 0 Å². The highest BCUT2D eigenvalue weighted by Gasteiger charge is 2.07. The van der Waals surface area contributed by atoms with E-state index in [4.69, 9.17) is 0 Å². The highest BCUT2D eigenvalue weighted by Crippen LogP contribution is 2.13. The average molecular weight is 235 g/mol. The van der Waals surface area contributed by atoms with Crippen LogP contribution >= 0.6 is 12.6 Å². The van der Waals surface area contributed by atoms with E-state index in [1.165, 1.54) is 5.57 Å². The highest BCUT2D eigenvalue weighted by atomic mass is 32.1. The first-order valence-corrected chi connectivity index (χ1v) is 5.66. The minimum absolute atomic E-state index is 0.0501. The monoisotopic (exact) mass is 235 g/mol. The summed E-state index contributed by atoms with van der Waals surface area (Å²) in [6.45, 7) is 6.50. The molecule has 0 heterocycles. The Bertz CT molecular complexity index is 420. The van der Waals surface area contributed by atoms with Gasteiger partial charge >= 0.3 is 0 Å². The SMILES string of the molecule is CC(C)=CCNC(=O)c1cc(S)ccc1C. The number of rotatable bonds is 3. The quantitative estimate of drug-likeness (QED) is 0.612. The lowest BCUT2D eigenvalue weighted by molar-refractivity contribution is 0.0957. The van der Waals surface area contributed by atoms with Crippen LogP contribution < -0.4 is 5.32 Å². The fourth-order valence-electron chi connectivity index (χ4n) is 1.30. The van der Waals surface area contributed by atoms with Crippen LogP contribution in [0.5, 0.6) is 0 Å². The Morgan fingerprint density at radius 2 is 2.12 bits per heavy atom. The van der Waals surface area contributed by atoms with Gasteiger partial charge in [0.2, 0.25) is 0 Å². The van der Waals surface area contributed by atoms with Crippen molar-refractivity contribution in [1.82, 2.24) is 5.32 Å². The third kappa shape index (κ3) is 3.74. The molecule has 1 amide bonds. The summed E-state index contributed by atoms with van der Waals surface area (Å²) in [5, 5.41) is 2.85. The molecule has 16 heavy (non-hydrogen) atoms. The number of aryl methyl sites for hydroxylation is 1. The first kappa shape index (κ1) is 12.8. The average Bonchev–Trinajstić information content (AvgIpc) is 2.21. The standard InChI is InChI=1S/C13H17NOS/c1-9(2)6-7-14-13(15)12-8-11(16)5-4-10(12)3/h4-6,8,16H,7H2,1-3H3,(H,14,15). The van der Waals surface area contributed by atoms with Crippen LogP contribution in [-0.4, -0.2) is 12.5 Å². The Kier molecular flexibility index (Phi) is 4.62. The zero-order valence-corrected chi connectivity index (χ0v) is 10.8. The van der Waals surface area contributed by atoms with Gasteiger partial charge in [-0.3, -0.25) is 4.79 Å². The van der Waals surface area contributed by atoms with Crippen LogP contribution in [0.3, 0.4) is 0 Å². The van der Waals surface area contributed by atoms with E-state index in [0.717, 1.165) is 10.5 Å². The predicted octanol–water partition coefficient (Wildman–Crippen LogP) is 2.98. The molecule has 0 atom stereocenters. The van der Waals surface area contributed by atoms with Crippen LogP contribution in [0.25, 0.3) is 0 Å². The first-order valence-electron chi connectivity index (χ1n) is 5.22. The van der Waals surface area contributed by atoms with E-state index in [-0.39, 0.29) is 5.91 Å². The fourth-order valence-corrected chi connectivity index (χ4v) is 1.50. The lowest BCUT2D eigenvalue weighted by atomic mass is 10.1. The number of hydrogen-bond donors (Lipinski definition) is 2. The molecule has 1 N–H and O–H groups in total. The molecule has 0 aromatic heterocycles. The third-order valence-corrected chi connectivity index (χ3v) is 2.52. The molecule has 2 nitrogen and oxygen atoms in total. The molecule has 0 aliphatic rings. The number of amides is 1. The van der Waals surface area contributed by atoms with Gasteiger partial charge in [-0.1, -0.05) is 17.7 Å². The Labute approximate surface area is 102 Å². The molecule has 0 aliphatic carbocycles. The zero-order chi connectivity index (χ0) is 12.1. The molecule has 0 fully saturated rings. The van der Waals surface area contributed by atoms with Crippen molar-refractivity contribution >= 4 is 18.5 Å². The van der Waals surface area contributed by atoms with Gasteiger partial charge in [0.1, 0.15) is 0 Å². The summed E-state index contributed by atoms with van der Waals surface area (Å²) in [5.74, 6) is -0.0501. The fraction of sp³-hybridized carbons (Fsp3) is 0.308. The van der Waals surface area contributed by atoms with Gasteiger partial charge in [0.05, 0.1) is 0 Å². The molecule has 1 rings (SSSR count). The minimum Gasteiger partial charge on any atom is -0.349 e. The Hall–Kier alpha value is -1.22. The Morgan fingerprint density at radius 1 is 1.44 bits per heavy atom. The molecule has 0 aliphatic heterocycles. The topological polar surface area (TPSA) is 29.1 Å². The van der Waals surface area contributed by atoms with Crippen molar-refractivity contribution in [1.29, 1.82) is 0 Å². The highest BCUT2D eigenvalue weighted by molar-refractivity contribution is 7.80. The van der Waals surface area contributed by atoms with Gasteiger partial charge in [0, 0.05) is 17.0 Å². The maximum Gasteiger partial charge on any atom is 0.251 e. The van der Waals surface area contributed by atoms with E-state index in [1.54, 1.807) is 6.07 Å². The van der Waals surface area contributed by atoms with Crippen LogP contribution in [-0.2, 0) is 0 Å². The summed E-state index contributed by atoms with van der Waals surface area (Å²) in [6.07, 6.45) is 1.98. The predicted molar refractivity (Wildman–Crippen MR) is 70.2 cm³/mol. The van der Waals surface area contributed by atoms with Crippen molar-refractivity contribution in [3.05, 3.63) is 41.0 Å². The number of carbonyl (C=O) groups is 1. The lowest BCUT2D eigenvalue weighted by Crippen LogP contribution is -2.24. The molecule has 0 saturated heterocycles. The van der Waals surface area contributed by atoms with Gasteiger partial charge in [-0.05, 0) is 38.5 Å². The number of nitrogens with one attached hydrogen (secondary N) is 1. The van der Waals surface area contributed by atoms with E-state index < -0.39 is 0 Å². The van der Waals surface area contributed by atoms with Gasteiger partial charge in [0.15, 0.2) is 0 Å². The molecule has 3 heteroatoms. The summed E-state index contributed by atoms with van der Waals surface area (Å²) in [5.41, 5.74) is 2.85. The van der Waals surface area contributed by atoms with Crippen LogP contribution in [0, 0.1) is 6.92 Å². The van der Waals surface area contributed by atoms with Crippen LogP contribution in [0.4, 0.5) is 0 Å². The zero-order valence-electron chi connectivity index (χ0n) is 9.87. The van der Waals surface area contributed by atoms with E-state index in [1.807, 2.05) is 39.0 Å². The largest absolute Gasteiger partial charge is 0.349 e. The lowest BCUT2D eigenvalue weighted by Gasteiger charge is -2.06. The summed E-state index contributed by atoms with van der Waals surface area (Å²) < 4.78 is 0. The molecular weight excluding hydrogens is 218 g/mol. The van der Waals surface area contributed by atoms with Crippen LogP contribution in [0.15, 0.2) is 34.7 Å². The minimum atomic E-state index is -0.0501. The second kappa shape index (κ2) is 5.75. The molecule has 0 unspecified atom stereocenters. The summed E-state index contributed by atoms with van der Waals surface area (Å²) in [6, 6.07) is 5.57. The van der Waals surface area contributed by atoms with E-state index in [9.17, 15) is 4.79 Å². The molecule has 1 aromatic carbocycles. The first-order chi connectivity index (χ1) is 7.50. The number of thiol groups is 1. The second-order valence-corrected chi connectivity index (χ2v) is 4.51. The molecule has 0 saturated carbocycles. The van der Waals surface area contributed by atoms with Gasteiger partial charge < -0.3 is 5.32 Å². The Morgan fingerprint density at radius 3 is 2.75 bits per heavy atom. The summed E-state index contributed by atoms with van der Waals surface area (Å²) >= 11 is 4.23. The van der Waals surface area contributed by atoms with Crippen molar-refractivity contribution in [2.24, 2.45) is 0 Å². The second-order valence-electron chi connectivity index (χ2n) is 3.99. The van der Waals surface area contributed by atoms with Crippen molar-refractivity contribution in [2.45, 2.75) is 25.7 Å². The van der Waals surface area contributed by atoms with Crippen molar-refractivity contribution < 1.29 is 4.79 Å². The normalized spacial score (nSPS) is 9.75.